The summed E-state index contributed by atoms with van der Waals surface area (Å²) in [4.78, 5) is 3.86. The first-order chi connectivity index (χ1) is 8.45. The molecule has 5 nitrogen and oxygen atoms in total. The largest absolute Gasteiger partial charge is 0.380 e. The van der Waals surface area contributed by atoms with E-state index in [-0.39, 0.29) is 16.2 Å². The van der Waals surface area contributed by atoms with Gasteiger partial charge in [0.1, 0.15) is 10.0 Å². The van der Waals surface area contributed by atoms with Gasteiger partial charge in [-0.2, -0.15) is 4.31 Å². The van der Waals surface area contributed by atoms with Crippen molar-refractivity contribution in [3.05, 3.63) is 21.9 Å². The van der Waals surface area contributed by atoms with Gasteiger partial charge in [-0.15, -0.1) is 0 Å². The minimum Gasteiger partial charge on any atom is -0.380 e. The number of hydrogen-bond acceptors (Lipinski definition) is 4. The van der Waals surface area contributed by atoms with Crippen molar-refractivity contribution in [1.29, 1.82) is 0 Å². The third kappa shape index (κ3) is 2.70. The SMILES string of the molecule is COC1CCN(S(=O)(=O)c2cc(Br)cnc2Cl)C1. The van der Waals surface area contributed by atoms with Crippen molar-refractivity contribution in [2.75, 3.05) is 20.2 Å². The highest BCUT2D eigenvalue weighted by molar-refractivity contribution is 9.10. The van der Waals surface area contributed by atoms with Crippen LogP contribution in [0.5, 0.6) is 0 Å². The van der Waals surface area contributed by atoms with Crippen LogP contribution in [-0.2, 0) is 14.8 Å². The summed E-state index contributed by atoms with van der Waals surface area (Å²) in [6, 6.07) is 1.46. The van der Waals surface area contributed by atoms with Crippen LogP contribution in [0.1, 0.15) is 6.42 Å². The van der Waals surface area contributed by atoms with Crippen LogP contribution in [0.3, 0.4) is 0 Å². The van der Waals surface area contributed by atoms with Crippen LogP contribution in [0.2, 0.25) is 5.15 Å². The second-order valence-corrected chi connectivity index (χ2v) is 7.13. The smallest absolute Gasteiger partial charge is 0.246 e. The average Bonchev–Trinajstić information content (AvgIpc) is 2.81. The van der Waals surface area contributed by atoms with E-state index in [9.17, 15) is 8.42 Å². The zero-order chi connectivity index (χ0) is 13.3. The number of pyridine rings is 1. The number of ether oxygens (including phenoxy) is 1. The molecular weight excluding hydrogens is 344 g/mol. The van der Waals surface area contributed by atoms with Crippen LogP contribution in [0, 0.1) is 0 Å². The van der Waals surface area contributed by atoms with E-state index in [4.69, 9.17) is 16.3 Å². The molecule has 1 aromatic rings. The summed E-state index contributed by atoms with van der Waals surface area (Å²) in [5.41, 5.74) is 0. The van der Waals surface area contributed by atoms with E-state index in [1.54, 1.807) is 7.11 Å². The standard InChI is InChI=1S/C10H12BrClN2O3S/c1-17-8-2-3-14(6-8)18(15,16)9-4-7(11)5-13-10(9)12/h4-5,8H,2-3,6H2,1H3. The van der Waals surface area contributed by atoms with E-state index in [0.29, 0.717) is 24.0 Å². The molecule has 1 saturated heterocycles. The lowest BCUT2D eigenvalue weighted by Gasteiger charge is -2.16. The Morgan fingerprint density at radius 1 is 1.61 bits per heavy atom. The molecule has 1 atom stereocenters. The molecule has 1 aromatic heterocycles. The second-order valence-electron chi connectivity index (χ2n) is 3.95. The summed E-state index contributed by atoms with van der Waals surface area (Å²) in [5.74, 6) is 0. The van der Waals surface area contributed by atoms with Gasteiger partial charge in [0.2, 0.25) is 10.0 Å². The third-order valence-corrected chi connectivity index (χ3v) is 5.56. The van der Waals surface area contributed by atoms with Crippen molar-refractivity contribution < 1.29 is 13.2 Å². The maximum atomic E-state index is 12.4. The normalized spacial score (nSPS) is 21.4. The van der Waals surface area contributed by atoms with Crippen molar-refractivity contribution in [3.8, 4) is 0 Å². The van der Waals surface area contributed by atoms with Crippen molar-refractivity contribution in [2.45, 2.75) is 17.4 Å². The molecule has 100 valence electrons. The highest BCUT2D eigenvalue weighted by atomic mass is 79.9. The number of aromatic nitrogens is 1. The molecular formula is C10H12BrClN2O3S. The molecule has 0 N–H and O–H groups in total. The second kappa shape index (κ2) is 5.42. The van der Waals surface area contributed by atoms with Crippen LogP contribution in [-0.4, -0.2) is 44.0 Å². The van der Waals surface area contributed by atoms with Crippen molar-refractivity contribution in [2.24, 2.45) is 0 Å². The number of sulfonamides is 1. The Kier molecular flexibility index (Phi) is 4.28. The predicted octanol–water partition coefficient (Wildman–Crippen LogP) is 1.91. The van der Waals surface area contributed by atoms with E-state index in [1.807, 2.05) is 0 Å². The zero-order valence-corrected chi connectivity index (χ0v) is 12.8. The third-order valence-electron chi connectivity index (χ3n) is 2.83. The molecule has 1 unspecified atom stereocenters. The van der Waals surface area contributed by atoms with Crippen LogP contribution in [0.4, 0.5) is 0 Å². The predicted molar refractivity (Wildman–Crippen MR) is 71.1 cm³/mol. The minimum absolute atomic E-state index is 0.0148. The van der Waals surface area contributed by atoms with Gasteiger partial charge in [0.25, 0.3) is 0 Å². The van der Waals surface area contributed by atoms with Gasteiger partial charge in [-0.1, -0.05) is 11.6 Å². The summed E-state index contributed by atoms with van der Waals surface area (Å²) < 4.78 is 31.9. The fourth-order valence-corrected chi connectivity index (χ4v) is 4.24. The molecule has 2 rings (SSSR count). The molecule has 0 amide bonds. The minimum atomic E-state index is -3.61. The zero-order valence-electron chi connectivity index (χ0n) is 9.64. The molecule has 2 heterocycles. The number of halogens is 2. The summed E-state index contributed by atoms with van der Waals surface area (Å²) >= 11 is 9.05. The number of rotatable bonds is 3. The molecule has 0 aromatic carbocycles. The van der Waals surface area contributed by atoms with Crippen LogP contribution in [0.25, 0.3) is 0 Å². The van der Waals surface area contributed by atoms with Crippen molar-refractivity contribution >= 4 is 37.6 Å². The fraction of sp³-hybridized carbons (Fsp3) is 0.500. The molecule has 0 radical (unpaired) electrons. The quantitative estimate of drug-likeness (QED) is 0.777. The lowest BCUT2D eigenvalue weighted by atomic mass is 10.3. The monoisotopic (exact) mass is 354 g/mol. The Morgan fingerprint density at radius 3 is 2.94 bits per heavy atom. The summed E-state index contributed by atoms with van der Waals surface area (Å²) in [6.45, 7) is 0.783. The Bertz CT molecular complexity index is 552. The molecule has 0 aliphatic carbocycles. The van der Waals surface area contributed by atoms with Crippen LogP contribution >= 0.6 is 27.5 Å². The first kappa shape index (κ1) is 14.2. The lowest BCUT2D eigenvalue weighted by molar-refractivity contribution is 0.115. The Hall–Kier alpha value is -0.210. The van der Waals surface area contributed by atoms with E-state index in [2.05, 4.69) is 20.9 Å². The summed E-state index contributed by atoms with van der Waals surface area (Å²) in [6.07, 6.45) is 2.09. The van der Waals surface area contributed by atoms with Gasteiger partial charge in [-0.25, -0.2) is 13.4 Å². The highest BCUT2D eigenvalue weighted by Gasteiger charge is 2.34. The molecule has 18 heavy (non-hydrogen) atoms. The molecule has 0 bridgehead atoms. The van der Waals surface area contributed by atoms with Gasteiger partial charge in [0.05, 0.1) is 6.10 Å². The van der Waals surface area contributed by atoms with Gasteiger partial charge in [0.15, 0.2) is 0 Å². The fourth-order valence-electron chi connectivity index (χ4n) is 1.83. The van der Waals surface area contributed by atoms with Gasteiger partial charge in [-0.05, 0) is 28.4 Å². The summed E-state index contributed by atoms with van der Waals surface area (Å²) in [7, 11) is -2.03. The topological polar surface area (TPSA) is 59.5 Å². The Balaban J connectivity index is 2.34. The van der Waals surface area contributed by atoms with E-state index in [0.717, 1.165) is 0 Å². The van der Waals surface area contributed by atoms with E-state index < -0.39 is 10.0 Å². The molecule has 1 aliphatic rings. The average molecular weight is 356 g/mol. The van der Waals surface area contributed by atoms with Gasteiger partial charge in [-0.3, -0.25) is 0 Å². The maximum Gasteiger partial charge on any atom is 0.246 e. The molecule has 8 heteroatoms. The molecule has 0 spiro atoms. The maximum absolute atomic E-state index is 12.4. The molecule has 1 aliphatic heterocycles. The number of hydrogen-bond donors (Lipinski definition) is 0. The molecule has 0 saturated carbocycles. The van der Waals surface area contributed by atoms with Gasteiger partial charge < -0.3 is 4.74 Å². The number of methoxy groups -OCH3 is 1. The van der Waals surface area contributed by atoms with Gasteiger partial charge in [0, 0.05) is 30.9 Å². The van der Waals surface area contributed by atoms with Gasteiger partial charge >= 0.3 is 0 Å². The Labute approximate surface area is 119 Å². The highest BCUT2D eigenvalue weighted by Crippen LogP contribution is 2.28. The summed E-state index contributed by atoms with van der Waals surface area (Å²) in [5, 5.41) is -0.0148. The van der Waals surface area contributed by atoms with Crippen molar-refractivity contribution in [3.63, 3.8) is 0 Å². The van der Waals surface area contributed by atoms with E-state index in [1.165, 1.54) is 16.6 Å². The van der Waals surface area contributed by atoms with Crippen LogP contribution < -0.4 is 0 Å². The van der Waals surface area contributed by atoms with Crippen molar-refractivity contribution in [1.82, 2.24) is 9.29 Å². The van der Waals surface area contributed by atoms with E-state index >= 15 is 0 Å². The lowest BCUT2D eigenvalue weighted by Crippen LogP contribution is -2.30. The van der Waals surface area contributed by atoms with Crippen LogP contribution in [0.15, 0.2) is 21.6 Å². The Morgan fingerprint density at radius 2 is 2.33 bits per heavy atom. The first-order valence-electron chi connectivity index (χ1n) is 5.29. The first-order valence-corrected chi connectivity index (χ1v) is 7.90. The number of nitrogens with zero attached hydrogens (tertiary/aromatic N) is 2. The molecule has 1 fully saturated rings.